The molecule has 3 aromatic rings. The van der Waals surface area contributed by atoms with E-state index in [2.05, 4.69) is 6.07 Å². The third-order valence-electron chi connectivity index (χ3n) is 5.08. The zero-order valence-electron chi connectivity index (χ0n) is 15.8. The van der Waals surface area contributed by atoms with Crippen LogP contribution in [0.4, 0.5) is 0 Å². The van der Waals surface area contributed by atoms with Gasteiger partial charge >= 0.3 is 0 Å². The second-order valence-corrected chi connectivity index (χ2v) is 8.98. The lowest BCUT2D eigenvalue weighted by atomic mass is 10.0. The van der Waals surface area contributed by atoms with Gasteiger partial charge in [0, 0.05) is 6.54 Å². The van der Waals surface area contributed by atoms with E-state index in [1.54, 1.807) is 16.4 Å². The molecule has 0 aromatic heterocycles. The molecule has 4 rings (SSSR count). The highest BCUT2D eigenvalue weighted by atomic mass is 32.2. The first kappa shape index (κ1) is 18.7. The van der Waals surface area contributed by atoms with Crippen LogP contribution >= 0.6 is 0 Å². The van der Waals surface area contributed by atoms with E-state index in [1.807, 2.05) is 67.6 Å². The number of benzene rings is 3. The molecule has 0 fully saturated rings. The number of aryl methyl sites for hydroxylation is 1. The quantitative estimate of drug-likeness (QED) is 0.662. The molecular formula is C23H23NO3S. The Morgan fingerprint density at radius 1 is 0.893 bits per heavy atom. The van der Waals surface area contributed by atoms with E-state index >= 15 is 0 Å². The second-order valence-electron chi connectivity index (χ2n) is 7.04. The van der Waals surface area contributed by atoms with Crippen molar-refractivity contribution in [2.45, 2.75) is 24.3 Å². The zero-order chi connectivity index (χ0) is 19.6. The van der Waals surface area contributed by atoms with Crippen LogP contribution in [-0.2, 0) is 16.4 Å². The first-order valence-corrected chi connectivity index (χ1v) is 10.8. The summed E-state index contributed by atoms with van der Waals surface area (Å²) in [7, 11) is -3.59. The molecule has 0 radical (unpaired) electrons. The monoisotopic (exact) mass is 393 g/mol. The maximum atomic E-state index is 13.3. The van der Waals surface area contributed by atoms with Crippen molar-refractivity contribution >= 4 is 10.0 Å². The highest BCUT2D eigenvalue weighted by molar-refractivity contribution is 7.89. The fourth-order valence-corrected chi connectivity index (χ4v) is 4.98. The van der Waals surface area contributed by atoms with Crippen molar-refractivity contribution in [3.8, 4) is 5.75 Å². The fraction of sp³-hybridized carbons (Fsp3) is 0.217. The van der Waals surface area contributed by atoms with Crippen molar-refractivity contribution in [1.82, 2.24) is 4.31 Å². The molecule has 1 heterocycles. The lowest BCUT2D eigenvalue weighted by molar-refractivity contribution is 0.178. The van der Waals surface area contributed by atoms with Gasteiger partial charge < -0.3 is 4.74 Å². The smallest absolute Gasteiger partial charge is 0.243 e. The molecule has 4 nitrogen and oxygen atoms in total. The van der Waals surface area contributed by atoms with Gasteiger partial charge in [0.15, 0.2) is 0 Å². The van der Waals surface area contributed by atoms with E-state index in [9.17, 15) is 8.42 Å². The summed E-state index contributed by atoms with van der Waals surface area (Å²) in [5, 5.41) is 0. The van der Waals surface area contributed by atoms with Crippen molar-refractivity contribution in [3.63, 3.8) is 0 Å². The summed E-state index contributed by atoms with van der Waals surface area (Å²) in [6.45, 7) is 2.66. The summed E-state index contributed by atoms with van der Waals surface area (Å²) in [5.74, 6) is 0.733. The fourth-order valence-electron chi connectivity index (χ4n) is 3.54. The van der Waals surface area contributed by atoms with Crippen molar-refractivity contribution in [3.05, 3.63) is 95.6 Å². The Hall–Kier alpha value is -2.63. The number of sulfonamides is 1. The van der Waals surface area contributed by atoms with Gasteiger partial charge in [-0.2, -0.15) is 4.31 Å². The van der Waals surface area contributed by atoms with E-state index in [0.717, 1.165) is 22.4 Å². The summed E-state index contributed by atoms with van der Waals surface area (Å²) in [5.41, 5.74) is 3.21. The molecule has 5 heteroatoms. The van der Waals surface area contributed by atoms with Crippen LogP contribution < -0.4 is 4.74 Å². The maximum Gasteiger partial charge on any atom is 0.243 e. The molecule has 0 bridgehead atoms. The van der Waals surface area contributed by atoms with Crippen molar-refractivity contribution < 1.29 is 13.2 Å². The van der Waals surface area contributed by atoms with Gasteiger partial charge in [-0.1, -0.05) is 60.2 Å². The molecule has 1 atom stereocenters. The highest BCUT2D eigenvalue weighted by Gasteiger charge is 2.32. The van der Waals surface area contributed by atoms with Crippen LogP contribution in [-0.4, -0.2) is 25.8 Å². The SMILES string of the molecule is Cc1ccc(S(=O)(=O)N2CCc3ccccc3C(Oc3ccccc3)C2)cc1. The number of rotatable bonds is 4. The van der Waals surface area contributed by atoms with E-state index in [4.69, 9.17) is 4.74 Å². The first-order chi connectivity index (χ1) is 13.5. The Kier molecular flexibility index (Phi) is 5.20. The van der Waals surface area contributed by atoms with Crippen LogP contribution in [0.15, 0.2) is 83.8 Å². The normalized spacial score (nSPS) is 17.5. The lowest BCUT2D eigenvalue weighted by Gasteiger charge is -2.25. The largest absolute Gasteiger partial charge is 0.484 e. The van der Waals surface area contributed by atoms with E-state index in [1.165, 1.54) is 0 Å². The summed E-state index contributed by atoms with van der Waals surface area (Å²) in [4.78, 5) is 0.322. The molecule has 28 heavy (non-hydrogen) atoms. The minimum atomic E-state index is -3.59. The summed E-state index contributed by atoms with van der Waals surface area (Å²) < 4.78 is 34.3. The number of fused-ring (bicyclic) bond motifs is 1. The van der Waals surface area contributed by atoms with Gasteiger partial charge in [-0.15, -0.1) is 0 Å². The number of para-hydroxylation sites is 1. The minimum absolute atomic E-state index is 0.280. The third kappa shape index (κ3) is 3.81. The molecular weight excluding hydrogens is 370 g/mol. The summed E-state index contributed by atoms with van der Waals surface area (Å²) in [6, 6.07) is 24.6. The van der Waals surface area contributed by atoms with Crippen LogP contribution in [0.1, 0.15) is 22.8 Å². The Morgan fingerprint density at radius 3 is 2.32 bits per heavy atom. The Bertz CT molecular complexity index is 1050. The Morgan fingerprint density at radius 2 is 1.57 bits per heavy atom. The number of nitrogens with zero attached hydrogens (tertiary/aromatic N) is 1. The molecule has 0 saturated heterocycles. The van der Waals surface area contributed by atoms with E-state index < -0.39 is 10.0 Å². The summed E-state index contributed by atoms with van der Waals surface area (Å²) in [6.07, 6.45) is 0.303. The minimum Gasteiger partial charge on any atom is -0.484 e. The molecule has 1 unspecified atom stereocenters. The predicted octanol–water partition coefficient (Wildman–Crippen LogP) is 4.36. The van der Waals surface area contributed by atoms with Crippen LogP contribution in [0.3, 0.4) is 0 Å². The molecule has 1 aliphatic heterocycles. The van der Waals surface area contributed by atoms with Gasteiger partial charge in [0.1, 0.15) is 11.9 Å². The van der Waals surface area contributed by atoms with Gasteiger partial charge in [-0.25, -0.2) is 8.42 Å². The molecule has 3 aromatic carbocycles. The number of ether oxygens (including phenoxy) is 1. The maximum absolute atomic E-state index is 13.3. The van der Waals surface area contributed by atoms with Gasteiger partial charge in [-0.3, -0.25) is 0 Å². The lowest BCUT2D eigenvalue weighted by Crippen LogP contribution is -2.36. The molecule has 144 valence electrons. The van der Waals surface area contributed by atoms with E-state index in [-0.39, 0.29) is 12.6 Å². The van der Waals surface area contributed by atoms with Gasteiger partial charge in [0.05, 0.1) is 11.4 Å². The van der Waals surface area contributed by atoms with Crippen molar-refractivity contribution in [2.24, 2.45) is 0 Å². The van der Waals surface area contributed by atoms with Crippen LogP contribution in [0.5, 0.6) is 5.75 Å². The molecule has 1 aliphatic rings. The standard InChI is InChI=1S/C23H23NO3S/c1-18-11-13-21(14-12-18)28(25,26)24-16-15-19-7-5-6-10-22(19)23(17-24)27-20-8-3-2-4-9-20/h2-14,23H,15-17H2,1H3. The third-order valence-corrected chi connectivity index (χ3v) is 6.96. The first-order valence-electron chi connectivity index (χ1n) is 9.40. The second kappa shape index (κ2) is 7.78. The molecule has 0 N–H and O–H groups in total. The molecule has 0 spiro atoms. The van der Waals surface area contributed by atoms with Gasteiger partial charge in [-0.05, 0) is 48.7 Å². The zero-order valence-corrected chi connectivity index (χ0v) is 16.6. The highest BCUT2D eigenvalue weighted by Crippen LogP contribution is 2.31. The topological polar surface area (TPSA) is 46.6 Å². The molecule has 0 amide bonds. The van der Waals surface area contributed by atoms with E-state index in [0.29, 0.717) is 17.9 Å². The molecule has 0 saturated carbocycles. The Labute approximate surface area is 166 Å². The summed E-state index contributed by atoms with van der Waals surface area (Å²) >= 11 is 0. The van der Waals surface area contributed by atoms with Crippen molar-refractivity contribution in [2.75, 3.05) is 13.1 Å². The van der Waals surface area contributed by atoms with Crippen LogP contribution in [0, 0.1) is 6.92 Å². The van der Waals surface area contributed by atoms with Crippen LogP contribution in [0.2, 0.25) is 0 Å². The van der Waals surface area contributed by atoms with Crippen LogP contribution in [0.25, 0.3) is 0 Å². The molecule has 0 aliphatic carbocycles. The number of hydrogen-bond donors (Lipinski definition) is 0. The average molecular weight is 394 g/mol. The number of hydrogen-bond acceptors (Lipinski definition) is 3. The van der Waals surface area contributed by atoms with Gasteiger partial charge in [0.2, 0.25) is 10.0 Å². The predicted molar refractivity (Wildman–Crippen MR) is 110 cm³/mol. The average Bonchev–Trinajstić information content (AvgIpc) is 2.90. The van der Waals surface area contributed by atoms with Crippen molar-refractivity contribution in [1.29, 1.82) is 0 Å². The van der Waals surface area contributed by atoms with Gasteiger partial charge in [0.25, 0.3) is 0 Å². The Balaban J connectivity index is 1.69.